The Balaban J connectivity index is 1.77. The van der Waals surface area contributed by atoms with Gasteiger partial charge in [0.1, 0.15) is 23.4 Å². The summed E-state index contributed by atoms with van der Waals surface area (Å²) < 4.78 is 128. The van der Waals surface area contributed by atoms with Crippen molar-refractivity contribution in [2.45, 2.75) is 90.0 Å². The third kappa shape index (κ3) is 12.1. The number of carbonyl (C=O) groups excluding carboxylic acids is 1. The topological polar surface area (TPSA) is 73.9 Å². The Morgan fingerprint density at radius 3 is 1.73 bits per heavy atom. The zero-order valence-corrected chi connectivity index (χ0v) is 27.4. The Bertz CT molecular complexity index is 1480. The number of hydrogen-bond donors (Lipinski definition) is 1. The molecule has 0 saturated carbocycles. The molecule has 0 aliphatic rings. The van der Waals surface area contributed by atoms with Crippen molar-refractivity contribution < 1.29 is 53.9 Å². The highest BCUT2D eigenvalue weighted by Gasteiger charge is 2.39. The monoisotopic (exact) mass is 705 g/mol. The van der Waals surface area contributed by atoms with Crippen LogP contribution in [0.2, 0.25) is 0 Å². The lowest BCUT2D eigenvalue weighted by atomic mass is 10.1. The number of benzene rings is 3. The fourth-order valence-corrected chi connectivity index (χ4v) is 6.37. The van der Waals surface area contributed by atoms with E-state index in [4.69, 9.17) is 13.8 Å². The van der Waals surface area contributed by atoms with Gasteiger partial charge in [-0.25, -0.2) is 26.5 Å². The molecular formula is C34H39F7NO5P. The molecule has 0 bridgehead atoms. The van der Waals surface area contributed by atoms with Crippen LogP contribution >= 0.6 is 7.75 Å². The van der Waals surface area contributed by atoms with Crippen LogP contribution in [-0.2, 0) is 20.5 Å². The molecule has 48 heavy (non-hydrogen) atoms. The second-order valence-electron chi connectivity index (χ2n) is 11.3. The lowest BCUT2D eigenvalue weighted by Gasteiger charge is -2.25. The first-order chi connectivity index (χ1) is 22.9. The number of hydrogen-bond acceptors (Lipinski definition) is 5. The van der Waals surface area contributed by atoms with E-state index >= 15 is 0 Å². The molecule has 0 aromatic heterocycles. The summed E-state index contributed by atoms with van der Waals surface area (Å²) >= 11 is 0. The van der Waals surface area contributed by atoms with Gasteiger partial charge in [-0.1, -0.05) is 89.3 Å². The highest BCUT2D eigenvalue weighted by atomic mass is 31.2. The van der Waals surface area contributed by atoms with E-state index in [1.54, 1.807) is 0 Å². The SMILES string of the molecule is CCCCCCCCCCCCCOC(=O)[C@H](Cc1cc(F)cc(F)c1)NP(=O)(Oc1ccccc1)Oc1c(F)c(F)c(F)c(F)c1F. The standard InChI is InChI=1S/C34H39F7NO5P/c1-2-3-4-5-6-7-8-9-10-11-15-18-45-34(43)27(21-23-19-24(35)22-25(36)20-23)42-48(44,46-26-16-13-12-14-17-26)47-33-31(40)29(38)28(37)30(39)32(33)41/h12-14,16-17,19-20,22,27H,2-11,15,18,21H2,1H3,(H,42,44)/t27-,48?/m0/s1. The second-order valence-corrected chi connectivity index (χ2v) is 12.9. The molecule has 3 rings (SSSR count). The summed E-state index contributed by atoms with van der Waals surface area (Å²) in [5.41, 5.74) is -0.126. The zero-order valence-electron chi connectivity index (χ0n) is 26.5. The number of rotatable bonds is 21. The number of carbonyl (C=O) groups is 1. The van der Waals surface area contributed by atoms with Crippen LogP contribution in [0.5, 0.6) is 11.5 Å². The van der Waals surface area contributed by atoms with E-state index in [2.05, 4.69) is 12.0 Å². The van der Waals surface area contributed by atoms with Crippen LogP contribution in [0.3, 0.4) is 0 Å². The summed E-state index contributed by atoms with van der Waals surface area (Å²) in [5, 5.41) is 2.14. The molecule has 0 aliphatic heterocycles. The molecule has 0 spiro atoms. The van der Waals surface area contributed by atoms with Crippen LogP contribution in [0.25, 0.3) is 0 Å². The molecular weight excluding hydrogens is 666 g/mol. The molecule has 1 unspecified atom stereocenters. The largest absolute Gasteiger partial charge is 0.513 e. The minimum Gasteiger partial charge on any atom is -0.465 e. The van der Waals surface area contributed by atoms with Gasteiger partial charge in [-0.2, -0.15) is 13.9 Å². The molecule has 0 aliphatic carbocycles. The van der Waals surface area contributed by atoms with Crippen LogP contribution in [0, 0.1) is 40.7 Å². The van der Waals surface area contributed by atoms with Crippen LogP contribution < -0.4 is 14.1 Å². The maximum atomic E-state index is 14.6. The van der Waals surface area contributed by atoms with E-state index in [1.807, 2.05) is 0 Å². The van der Waals surface area contributed by atoms with Gasteiger partial charge in [0.25, 0.3) is 0 Å². The summed E-state index contributed by atoms with van der Waals surface area (Å²) in [6.07, 6.45) is 10.8. The van der Waals surface area contributed by atoms with E-state index in [1.165, 1.54) is 62.4 Å². The fourth-order valence-electron chi connectivity index (χ4n) is 4.85. The van der Waals surface area contributed by atoms with Crippen LogP contribution in [0.15, 0.2) is 48.5 Å². The van der Waals surface area contributed by atoms with Gasteiger partial charge >= 0.3 is 13.7 Å². The summed E-state index contributed by atoms with van der Waals surface area (Å²) in [6, 6.07) is 7.35. The van der Waals surface area contributed by atoms with Gasteiger partial charge in [0, 0.05) is 6.07 Å². The Kier molecular flexibility index (Phi) is 15.7. The maximum Gasteiger partial charge on any atom is 0.513 e. The Labute approximate surface area is 275 Å². The third-order valence-corrected chi connectivity index (χ3v) is 8.80. The first kappa shape index (κ1) is 38.9. The molecule has 0 saturated heterocycles. The fraction of sp³-hybridized carbons (Fsp3) is 0.441. The van der Waals surface area contributed by atoms with Gasteiger partial charge in [0.15, 0.2) is 0 Å². The second kappa shape index (κ2) is 19.4. The van der Waals surface area contributed by atoms with Crippen molar-refractivity contribution in [2.24, 2.45) is 0 Å². The molecule has 0 radical (unpaired) electrons. The van der Waals surface area contributed by atoms with Gasteiger partial charge in [-0.15, -0.1) is 0 Å². The number of esters is 1. The lowest BCUT2D eigenvalue weighted by Crippen LogP contribution is -2.40. The molecule has 14 heteroatoms. The van der Waals surface area contributed by atoms with Crippen molar-refractivity contribution in [3.05, 3.63) is 94.8 Å². The predicted molar refractivity (Wildman–Crippen MR) is 166 cm³/mol. The Morgan fingerprint density at radius 1 is 0.688 bits per heavy atom. The minimum absolute atomic E-state index is 0.0894. The van der Waals surface area contributed by atoms with Gasteiger partial charge in [-0.05, 0) is 42.7 Å². The smallest absolute Gasteiger partial charge is 0.465 e. The summed E-state index contributed by atoms with van der Waals surface area (Å²) in [6.45, 7) is 2.08. The molecule has 264 valence electrons. The van der Waals surface area contributed by atoms with Crippen molar-refractivity contribution in [3.63, 3.8) is 0 Å². The molecule has 0 amide bonds. The summed E-state index contributed by atoms with van der Waals surface area (Å²) in [4.78, 5) is 13.2. The van der Waals surface area contributed by atoms with E-state index in [0.29, 0.717) is 12.5 Å². The number of ether oxygens (including phenoxy) is 1. The highest BCUT2D eigenvalue weighted by molar-refractivity contribution is 7.52. The van der Waals surface area contributed by atoms with Gasteiger partial charge < -0.3 is 13.8 Å². The van der Waals surface area contributed by atoms with Crippen LogP contribution in [0.1, 0.15) is 83.1 Å². The lowest BCUT2D eigenvalue weighted by molar-refractivity contribution is -0.145. The zero-order chi connectivity index (χ0) is 35.1. The molecule has 6 nitrogen and oxygen atoms in total. The minimum atomic E-state index is -5.29. The Hall–Kier alpha value is -3.57. The molecule has 0 heterocycles. The Morgan fingerprint density at radius 2 is 1.19 bits per heavy atom. The van der Waals surface area contributed by atoms with Crippen LogP contribution in [-0.4, -0.2) is 18.6 Å². The molecule has 3 aromatic carbocycles. The van der Waals surface area contributed by atoms with Crippen molar-refractivity contribution in [2.75, 3.05) is 6.61 Å². The van der Waals surface area contributed by atoms with E-state index in [9.17, 15) is 40.1 Å². The summed E-state index contributed by atoms with van der Waals surface area (Å²) in [5.74, 6) is -17.4. The average molecular weight is 706 g/mol. The maximum absolute atomic E-state index is 14.6. The van der Waals surface area contributed by atoms with Crippen molar-refractivity contribution in [3.8, 4) is 11.5 Å². The number of nitrogens with one attached hydrogen (secondary N) is 1. The quantitative estimate of drug-likeness (QED) is 0.0297. The summed E-state index contributed by atoms with van der Waals surface area (Å²) in [7, 11) is -5.29. The number of unbranched alkanes of at least 4 members (excludes halogenated alkanes) is 10. The normalized spacial score (nSPS) is 13.2. The van der Waals surface area contributed by atoms with Crippen LogP contribution in [0.4, 0.5) is 30.7 Å². The van der Waals surface area contributed by atoms with Crippen molar-refractivity contribution in [1.82, 2.24) is 5.09 Å². The van der Waals surface area contributed by atoms with E-state index < -0.39 is 72.6 Å². The van der Waals surface area contributed by atoms with Crippen molar-refractivity contribution in [1.29, 1.82) is 0 Å². The van der Waals surface area contributed by atoms with E-state index in [0.717, 1.165) is 44.2 Å². The molecule has 3 aromatic rings. The van der Waals surface area contributed by atoms with E-state index in [-0.39, 0.29) is 17.9 Å². The number of halogens is 7. The third-order valence-electron chi connectivity index (χ3n) is 7.30. The first-order valence-electron chi connectivity index (χ1n) is 15.9. The van der Waals surface area contributed by atoms with Crippen molar-refractivity contribution >= 4 is 13.7 Å². The van der Waals surface area contributed by atoms with Gasteiger partial charge in [-0.3, -0.25) is 4.79 Å². The molecule has 1 N–H and O–H groups in total. The predicted octanol–water partition coefficient (Wildman–Crippen LogP) is 10.3. The van der Waals surface area contributed by atoms with Gasteiger partial charge in [0.05, 0.1) is 6.61 Å². The van der Waals surface area contributed by atoms with Gasteiger partial charge in [0.2, 0.25) is 34.8 Å². The highest BCUT2D eigenvalue weighted by Crippen LogP contribution is 2.48. The number of para-hydroxylation sites is 1. The molecule has 0 fully saturated rings. The molecule has 2 atom stereocenters. The average Bonchev–Trinajstić information content (AvgIpc) is 3.05. The first-order valence-corrected chi connectivity index (χ1v) is 17.4.